The Balaban J connectivity index is 1.42. The molecule has 2 fully saturated rings. The van der Waals surface area contributed by atoms with Crippen molar-refractivity contribution >= 4 is 5.91 Å². The summed E-state index contributed by atoms with van der Waals surface area (Å²) in [5, 5.41) is 0. The summed E-state index contributed by atoms with van der Waals surface area (Å²) in [6, 6.07) is 10.4. The van der Waals surface area contributed by atoms with E-state index >= 15 is 0 Å². The van der Waals surface area contributed by atoms with E-state index in [1.807, 2.05) is 35.2 Å². The van der Waals surface area contributed by atoms with Crippen molar-refractivity contribution in [1.29, 1.82) is 0 Å². The number of piperazine rings is 1. The second-order valence-corrected chi connectivity index (χ2v) is 6.12. The predicted octanol–water partition coefficient (Wildman–Crippen LogP) is 0.735. The fraction of sp³-hybridized carbons (Fsp3) is 0.588. The predicted molar refractivity (Wildman–Crippen MR) is 81.5 cm³/mol. The van der Waals surface area contributed by atoms with Crippen LogP contribution in [0, 0.1) is 0 Å². The summed E-state index contributed by atoms with van der Waals surface area (Å²) < 4.78 is 5.55. The molecule has 1 aliphatic heterocycles. The molecule has 1 saturated heterocycles. The molecule has 1 heterocycles. The molecule has 1 N–H and O–H groups in total. The topological polar surface area (TPSA) is 34.0 Å². The molecule has 0 atom stereocenters. The number of nitrogens with zero attached hydrogens (tertiary/aromatic N) is 1. The highest BCUT2D eigenvalue weighted by molar-refractivity contribution is 5.77. The first-order valence-corrected chi connectivity index (χ1v) is 8.13. The Bertz CT molecular complexity index is 449. The molecule has 114 valence electrons. The fourth-order valence-corrected chi connectivity index (χ4v) is 3.54. The smallest absolute Gasteiger partial charge is 0.260 e. The van der Waals surface area contributed by atoms with Crippen molar-refractivity contribution in [2.24, 2.45) is 0 Å². The molecule has 0 aromatic heterocycles. The largest absolute Gasteiger partial charge is 0.484 e. The van der Waals surface area contributed by atoms with Gasteiger partial charge < -0.3 is 14.5 Å². The van der Waals surface area contributed by atoms with E-state index in [0.29, 0.717) is 0 Å². The number of benzene rings is 1. The molecule has 4 nitrogen and oxygen atoms in total. The average molecular weight is 289 g/mol. The highest BCUT2D eigenvalue weighted by atomic mass is 16.5. The van der Waals surface area contributed by atoms with Gasteiger partial charge in [-0.1, -0.05) is 18.2 Å². The molecule has 21 heavy (non-hydrogen) atoms. The van der Waals surface area contributed by atoms with Gasteiger partial charge in [-0.3, -0.25) is 4.79 Å². The Kier molecular flexibility index (Phi) is 4.76. The maximum Gasteiger partial charge on any atom is 0.260 e. The van der Waals surface area contributed by atoms with Gasteiger partial charge in [-0.25, -0.2) is 0 Å². The first kappa shape index (κ1) is 14.4. The van der Waals surface area contributed by atoms with Crippen LogP contribution in [0.15, 0.2) is 30.3 Å². The zero-order valence-corrected chi connectivity index (χ0v) is 12.6. The first-order valence-electron chi connectivity index (χ1n) is 8.13. The van der Waals surface area contributed by atoms with Gasteiger partial charge in [0.25, 0.3) is 5.91 Å². The monoisotopic (exact) mass is 289 g/mol. The van der Waals surface area contributed by atoms with Crippen molar-refractivity contribution in [3.8, 4) is 5.75 Å². The van der Waals surface area contributed by atoms with Crippen LogP contribution in [0.4, 0.5) is 0 Å². The van der Waals surface area contributed by atoms with Crippen LogP contribution in [-0.2, 0) is 4.79 Å². The van der Waals surface area contributed by atoms with Crippen molar-refractivity contribution in [2.75, 3.05) is 32.8 Å². The molecule has 0 radical (unpaired) electrons. The lowest BCUT2D eigenvalue weighted by Gasteiger charge is -2.35. The van der Waals surface area contributed by atoms with Crippen molar-refractivity contribution in [3.05, 3.63) is 30.3 Å². The van der Waals surface area contributed by atoms with Crippen LogP contribution in [0.2, 0.25) is 0 Å². The Labute approximate surface area is 126 Å². The normalized spacial score (nSPS) is 20.7. The number of hydrogen-bond donors (Lipinski definition) is 1. The maximum atomic E-state index is 12.2. The SMILES string of the molecule is O=C(COc1ccccc1)N1CC[NH+](C2CCCC2)CC1. The van der Waals surface area contributed by atoms with Gasteiger partial charge in [0, 0.05) is 0 Å². The van der Waals surface area contributed by atoms with E-state index in [0.717, 1.165) is 38.0 Å². The summed E-state index contributed by atoms with van der Waals surface area (Å²) in [6.45, 7) is 4.11. The zero-order valence-electron chi connectivity index (χ0n) is 12.6. The van der Waals surface area contributed by atoms with Gasteiger partial charge in [-0.05, 0) is 37.8 Å². The molecular weight excluding hydrogens is 264 g/mol. The lowest BCUT2D eigenvalue weighted by molar-refractivity contribution is -0.928. The molecule has 1 saturated carbocycles. The van der Waals surface area contributed by atoms with Crippen LogP contribution < -0.4 is 9.64 Å². The second kappa shape index (κ2) is 6.94. The molecule has 0 spiro atoms. The van der Waals surface area contributed by atoms with Gasteiger partial charge in [0.05, 0.1) is 32.2 Å². The summed E-state index contributed by atoms with van der Waals surface area (Å²) in [7, 11) is 0. The van der Waals surface area contributed by atoms with Crippen LogP contribution in [0.1, 0.15) is 25.7 Å². The van der Waals surface area contributed by atoms with Crippen molar-refractivity contribution in [1.82, 2.24) is 4.90 Å². The molecule has 1 aromatic rings. The summed E-state index contributed by atoms with van der Waals surface area (Å²) >= 11 is 0. The maximum absolute atomic E-state index is 12.2. The highest BCUT2D eigenvalue weighted by Crippen LogP contribution is 2.15. The number of rotatable bonds is 4. The van der Waals surface area contributed by atoms with Crippen LogP contribution in [0.3, 0.4) is 0 Å². The quantitative estimate of drug-likeness (QED) is 0.887. The van der Waals surface area contributed by atoms with Crippen LogP contribution in [0.25, 0.3) is 0 Å². The van der Waals surface area contributed by atoms with Crippen LogP contribution in [-0.4, -0.2) is 49.6 Å². The van der Waals surface area contributed by atoms with Gasteiger partial charge >= 0.3 is 0 Å². The number of amides is 1. The first-order chi connectivity index (χ1) is 10.3. The third-order valence-corrected chi connectivity index (χ3v) is 4.80. The van der Waals surface area contributed by atoms with E-state index in [1.54, 1.807) is 4.90 Å². The molecule has 1 amide bonds. The molecule has 1 aliphatic carbocycles. The summed E-state index contributed by atoms with van der Waals surface area (Å²) in [6.07, 6.45) is 5.53. The minimum Gasteiger partial charge on any atom is -0.484 e. The molecular formula is C17H25N2O2+. The van der Waals surface area contributed by atoms with Gasteiger partial charge in [-0.15, -0.1) is 0 Å². The number of para-hydroxylation sites is 1. The number of quaternary nitrogens is 1. The van der Waals surface area contributed by atoms with E-state index in [2.05, 4.69) is 0 Å². The van der Waals surface area contributed by atoms with E-state index in [9.17, 15) is 4.79 Å². The zero-order chi connectivity index (χ0) is 14.5. The minimum atomic E-state index is 0.115. The summed E-state index contributed by atoms with van der Waals surface area (Å²) in [5.74, 6) is 0.880. The molecule has 1 aromatic carbocycles. The third kappa shape index (κ3) is 3.76. The fourth-order valence-electron chi connectivity index (χ4n) is 3.54. The van der Waals surface area contributed by atoms with Gasteiger partial charge in [0.15, 0.2) is 6.61 Å². The molecule has 0 unspecified atom stereocenters. The lowest BCUT2D eigenvalue weighted by atomic mass is 10.2. The number of ether oxygens (including phenoxy) is 1. The third-order valence-electron chi connectivity index (χ3n) is 4.80. The van der Waals surface area contributed by atoms with Crippen LogP contribution >= 0.6 is 0 Å². The number of nitrogens with one attached hydrogen (secondary N) is 1. The van der Waals surface area contributed by atoms with Crippen molar-refractivity contribution in [2.45, 2.75) is 31.7 Å². The molecule has 0 bridgehead atoms. The standard InChI is InChI=1S/C17H24N2O2/c20-17(14-21-16-8-2-1-3-9-16)19-12-10-18(11-13-19)15-6-4-5-7-15/h1-3,8-9,15H,4-7,10-14H2/p+1. The average Bonchev–Trinajstić information content (AvgIpc) is 3.08. The minimum absolute atomic E-state index is 0.115. The van der Waals surface area contributed by atoms with E-state index < -0.39 is 0 Å². The molecule has 4 heteroatoms. The van der Waals surface area contributed by atoms with Crippen molar-refractivity contribution in [3.63, 3.8) is 0 Å². The lowest BCUT2D eigenvalue weighted by Crippen LogP contribution is -3.18. The Hall–Kier alpha value is -1.55. The Morgan fingerprint density at radius 3 is 2.48 bits per heavy atom. The van der Waals surface area contributed by atoms with Gasteiger partial charge in [-0.2, -0.15) is 0 Å². The number of carbonyl (C=O) groups excluding carboxylic acids is 1. The summed E-state index contributed by atoms with van der Waals surface area (Å²) in [5.41, 5.74) is 0. The van der Waals surface area contributed by atoms with E-state index in [4.69, 9.17) is 4.74 Å². The Morgan fingerprint density at radius 2 is 1.81 bits per heavy atom. The summed E-state index contributed by atoms with van der Waals surface area (Å²) in [4.78, 5) is 15.9. The van der Waals surface area contributed by atoms with Gasteiger partial charge in [0.1, 0.15) is 5.75 Å². The molecule has 2 aliphatic rings. The highest BCUT2D eigenvalue weighted by Gasteiger charge is 2.30. The van der Waals surface area contributed by atoms with Crippen molar-refractivity contribution < 1.29 is 14.4 Å². The Morgan fingerprint density at radius 1 is 1.14 bits per heavy atom. The number of carbonyl (C=O) groups is 1. The van der Waals surface area contributed by atoms with Gasteiger partial charge in [0.2, 0.25) is 0 Å². The van der Waals surface area contributed by atoms with Crippen LogP contribution in [0.5, 0.6) is 5.75 Å². The number of hydrogen-bond acceptors (Lipinski definition) is 2. The van der Waals surface area contributed by atoms with E-state index in [1.165, 1.54) is 25.7 Å². The molecule has 3 rings (SSSR count). The second-order valence-electron chi connectivity index (χ2n) is 6.12. The van der Waals surface area contributed by atoms with E-state index in [-0.39, 0.29) is 12.5 Å².